The largest absolute Gasteiger partial charge is 0.356 e. The topological polar surface area (TPSA) is 58.2 Å². The zero-order chi connectivity index (χ0) is 18.7. The van der Waals surface area contributed by atoms with Crippen LogP contribution in [0.1, 0.15) is 12.0 Å². The van der Waals surface area contributed by atoms with E-state index in [0.717, 1.165) is 0 Å². The fraction of sp³-hybridized carbons (Fsp3) is 0.263. The third-order valence-electron chi connectivity index (χ3n) is 4.30. The standard InChI is InChI=1S/C19H17Cl2FN2O2/c20-15-6-5-12(9-16(15)21)24-19(26)14-10-13(14)18(25)23-8-7-11-3-1-2-4-17(11)22/h1-6,9,13-14H,7-8,10H2,(H,23,25)(H,24,26). The lowest BCUT2D eigenvalue weighted by Crippen LogP contribution is -2.29. The number of anilines is 1. The van der Waals surface area contributed by atoms with Crippen molar-refractivity contribution >= 4 is 40.7 Å². The number of nitrogens with one attached hydrogen (secondary N) is 2. The molecule has 1 saturated carbocycles. The molecule has 2 amide bonds. The smallest absolute Gasteiger partial charge is 0.228 e. The Labute approximate surface area is 160 Å². The molecular weight excluding hydrogens is 378 g/mol. The Bertz CT molecular complexity index is 844. The molecule has 0 spiro atoms. The van der Waals surface area contributed by atoms with Gasteiger partial charge in [-0.1, -0.05) is 41.4 Å². The number of hydrogen-bond acceptors (Lipinski definition) is 2. The molecule has 0 saturated heterocycles. The lowest BCUT2D eigenvalue weighted by Gasteiger charge is -2.07. The van der Waals surface area contributed by atoms with Gasteiger partial charge in [0.05, 0.1) is 21.9 Å². The Morgan fingerprint density at radius 1 is 1.04 bits per heavy atom. The van der Waals surface area contributed by atoms with Crippen LogP contribution in [0.15, 0.2) is 42.5 Å². The van der Waals surface area contributed by atoms with E-state index in [0.29, 0.717) is 40.7 Å². The summed E-state index contributed by atoms with van der Waals surface area (Å²) in [5.41, 5.74) is 1.09. The average molecular weight is 395 g/mol. The Morgan fingerprint density at radius 2 is 1.77 bits per heavy atom. The van der Waals surface area contributed by atoms with E-state index in [-0.39, 0.29) is 29.5 Å². The van der Waals surface area contributed by atoms with Crippen LogP contribution in [0.4, 0.5) is 10.1 Å². The van der Waals surface area contributed by atoms with E-state index < -0.39 is 0 Å². The second-order valence-corrected chi connectivity index (χ2v) is 7.01. The molecule has 136 valence electrons. The van der Waals surface area contributed by atoms with Gasteiger partial charge in [-0.05, 0) is 42.7 Å². The summed E-state index contributed by atoms with van der Waals surface area (Å²) in [4.78, 5) is 24.3. The highest BCUT2D eigenvalue weighted by molar-refractivity contribution is 6.42. The van der Waals surface area contributed by atoms with Crippen LogP contribution in [0, 0.1) is 17.7 Å². The lowest BCUT2D eigenvalue weighted by atomic mass is 10.1. The van der Waals surface area contributed by atoms with E-state index in [1.54, 1.807) is 36.4 Å². The van der Waals surface area contributed by atoms with Crippen molar-refractivity contribution in [1.82, 2.24) is 5.32 Å². The fourth-order valence-corrected chi connectivity index (χ4v) is 3.03. The monoisotopic (exact) mass is 394 g/mol. The predicted molar refractivity (Wildman–Crippen MR) is 99.8 cm³/mol. The molecule has 7 heteroatoms. The molecule has 1 aliphatic rings. The first kappa shape index (κ1) is 18.7. The Kier molecular flexibility index (Phi) is 5.79. The normalized spacial score (nSPS) is 18.3. The van der Waals surface area contributed by atoms with Crippen LogP contribution in [0.5, 0.6) is 0 Å². The molecule has 0 aromatic heterocycles. The highest BCUT2D eigenvalue weighted by Gasteiger charge is 2.47. The van der Waals surface area contributed by atoms with Crippen molar-refractivity contribution in [2.75, 3.05) is 11.9 Å². The molecule has 4 nitrogen and oxygen atoms in total. The lowest BCUT2D eigenvalue weighted by molar-refractivity contribution is -0.125. The van der Waals surface area contributed by atoms with E-state index in [2.05, 4.69) is 10.6 Å². The number of halogens is 3. The van der Waals surface area contributed by atoms with E-state index >= 15 is 0 Å². The molecule has 0 radical (unpaired) electrons. The number of benzene rings is 2. The van der Waals surface area contributed by atoms with Crippen LogP contribution in [-0.4, -0.2) is 18.4 Å². The molecule has 2 aromatic rings. The minimum atomic E-state index is -0.363. The van der Waals surface area contributed by atoms with Gasteiger partial charge >= 0.3 is 0 Å². The SMILES string of the molecule is O=C(NCCc1ccccc1F)C1CC1C(=O)Nc1ccc(Cl)c(Cl)c1. The number of amides is 2. The molecule has 2 aromatic carbocycles. The quantitative estimate of drug-likeness (QED) is 0.775. The van der Waals surface area contributed by atoms with Gasteiger partial charge in [-0.25, -0.2) is 4.39 Å². The third kappa shape index (κ3) is 4.54. The Morgan fingerprint density at radius 3 is 2.50 bits per heavy atom. The van der Waals surface area contributed by atoms with Crippen LogP contribution >= 0.6 is 23.2 Å². The van der Waals surface area contributed by atoms with Gasteiger partial charge < -0.3 is 10.6 Å². The van der Waals surface area contributed by atoms with Gasteiger partial charge in [0.15, 0.2) is 0 Å². The average Bonchev–Trinajstić information content (AvgIpc) is 3.41. The molecule has 3 rings (SSSR count). The van der Waals surface area contributed by atoms with Crippen LogP contribution < -0.4 is 10.6 Å². The zero-order valence-corrected chi connectivity index (χ0v) is 15.3. The summed E-state index contributed by atoms with van der Waals surface area (Å²) < 4.78 is 13.5. The van der Waals surface area contributed by atoms with Gasteiger partial charge in [0.2, 0.25) is 11.8 Å². The van der Waals surface area contributed by atoms with Crippen molar-refractivity contribution in [2.24, 2.45) is 11.8 Å². The van der Waals surface area contributed by atoms with Crippen molar-refractivity contribution in [3.63, 3.8) is 0 Å². The first-order valence-electron chi connectivity index (χ1n) is 8.22. The van der Waals surface area contributed by atoms with Crippen LogP contribution in [0.2, 0.25) is 10.0 Å². The maximum absolute atomic E-state index is 13.5. The van der Waals surface area contributed by atoms with E-state index in [4.69, 9.17) is 23.2 Å². The van der Waals surface area contributed by atoms with Crippen LogP contribution in [0.3, 0.4) is 0 Å². The molecule has 2 unspecified atom stereocenters. The molecule has 0 heterocycles. The van der Waals surface area contributed by atoms with Gasteiger partial charge in [0, 0.05) is 12.2 Å². The van der Waals surface area contributed by atoms with Crippen LogP contribution in [-0.2, 0) is 16.0 Å². The van der Waals surface area contributed by atoms with Gasteiger partial charge in [-0.2, -0.15) is 0 Å². The first-order valence-corrected chi connectivity index (χ1v) is 8.98. The van der Waals surface area contributed by atoms with Gasteiger partial charge in [-0.15, -0.1) is 0 Å². The molecule has 26 heavy (non-hydrogen) atoms. The van der Waals surface area contributed by atoms with Crippen molar-refractivity contribution in [3.05, 3.63) is 63.9 Å². The minimum Gasteiger partial charge on any atom is -0.356 e. The third-order valence-corrected chi connectivity index (χ3v) is 5.04. The van der Waals surface area contributed by atoms with Gasteiger partial charge in [-0.3, -0.25) is 9.59 Å². The number of rotatable bonds is 6. The fourth-order valence-electron chi connectivity index (χ4n) is 2.74. The minimum absolute atomic E-state index is 0.185. The van der Waals surface area contributed by atoms with Crippen molar-refractivity contribution in [3.8, 4) is 0 Å². The molecule has 0 bridgehead atoms. The highest BCUT2D eigenvalue weighted by atomic mass is 35.5. The van der Waals surface area contributed by atoms with Gasteiger partial charge in [0.1, 0.15) is 5.82 Å². The molecule has 1 aliphatic carbocycles. The maximum atomic E-state index is 13.5. The van der Waals surface area contributed by atoms with Crippen molar-refractivity contribution in [2.45, 2.75) is 12.8 Å². The second-order valence-electron chi connectivity index (χ2n) is 6.20. The molecule has 1 fully saturated rings. The summed E-state index contributed by atoms with van der Waals surface area (Å²) in [5, 5.41) is 6.25. The van der Waals surface area contributed by atoms with Crippen LogP contribution in [0.25, 0.3) is 0 Å². The highest BCUT2D eigenvalue weighted by Crippen LogP contribution is 2.39. The summed E-state index contributed by atoms with van der Waals surface area (Å²) >= 11 is 11.8. The van der Waals surface area contributed by atoms with E-state index in [1.165, 1.54) is 6.07 Å². The molecular formula is C19H17Cl2FN2O2. The van der Waals surface area contributed by atoms with Gasteiger partial charge in [0.25, 0.3) is 0 Å². The summed E-state index contributed by atoms with van der Waals surface area (Å²) in [7, 11) is 0. The predicted octanol–water partition coefficient (Wildman–Crippen LogP) is 4.07. The van der Waals surface area contributed by atoms with E-state index in [9.17, 15) is 14.0 Å². The Hall–Kier alpha value is -2.11. The molecule has 2 N–H and O–H groups in total. The van der Waals surface area contributed by atoms with E-state index in [1.807, 2.05) is 0 Å². The second kappa shape index (κ2) is 8.06. The number of carbonyl (C=O) groups is 2. The summed E-state index contributed by atoms with van der Waals surface area (Å²) in [5.74, 6) is -1.41. The summed E-state index contributed by atoms with van der Waals surface area (Å²) in [6.07, 6.45) is 0.907. The summed E-state index contributed by atoms with van der Waals surface area (Å²) in [6.45, 7) is 0.331. The summed E-state index contributed by atoms with van der Waals surface area (Å²) in [6, 6.07) is 11.3. The first-order chi connectivity index (χ1) is 12.5. The van der Waals surface area contributed by atoms with Crippen molar-refractivity contribution < 1.29 is 14.0 Å². The van der Waals surface area contributed by atoms with Crippen molar-refractivity contribution in [1.29, 1.82) is 0 Å². The molecule has 0 aliphatic heterocycles. The number of hydrogen-bond donors (Lipinski definition) is 2. The maximum Gasteiger partial charge on any atom is 0.228 e. The molecule has 2 atom stereocenters. The zero-order valence-electron chi connectivity index (χ0n) is 13.8. The Balaban J connectivity index is 1.45. The number of carbonyl (C=O) groups excluding carboxylic acids is 2.